The summed E-state index contributed by atoms with van der Waals surface area (Å²) in [5.74, 6) is 0.625. The lowest BCUT2D eigenvalue weighted by atomic mass is 9.88. The van der Waals surface area contributed by atoms with Crippen LogP contribution < -0.4 is 5.32 Å². The van der Waals surface area contributed by atoms with Crippen LogP contribution in [-0.4, -0.2) is 35.1 Å². The van der Waals surface area contributed by atoms with Crippen molar-refractivity contribution >= 4 is 0 Å². The Morgan fingerprint density at radius 1 is 1.53 bits per heavy atom. The van der Waals surface area contributed by atoms with E-state index < -0.39 is 0 Å². The zero-order chi connectivity index (χ0) is 13.8. The first kappa shape index (κ1) is 14.5. The third kappa shape index (κ3) is 3.37. The van der Waals surface area contributed by atoms with Crippen LogP contribution in [0.1, 0.15) is 38.1 Å². The largest absolute Gasteiger partial charge is 0.378 e. The van der Waals surface area contributed by atoms with Gasteiger partial charge < -0.3 is 10.1 Å². The van der Waals surface area contributed by atoms with Gasteiger partial charge in [0.25, 0.3) is 0 Å². The molecule has 0 amide bonds. The molecule has 1 aliphatic heterocycles. The maximum Gasteiger partial charge on any atom is 0.0616 e. The molecule has 1 aliphatic rings. The number of aromatic nitrogens is 2. The Hall–Kier alpha value is -0.870. The van der Waals surface area contributed by atoms with Crippen molar-refractivity contribution in [2.75, 3.05) is 13.2 Å². The van der Waals surface area contributed by atoms with E-state index in [1.165, 1.54) is 12.1 Å². The van der Waals surface area contributed by atoms with Crippen LogP contribution in [0.25, 0.3) is 0 Å². The molecule has 1 aromatic heterocycles. The molecule has 0 spiro atoms. The van der Waals surface area contributed by atoms with Crippen LogP contribution in [0.5, 0.6) is 0 Å². The van der Waals surface area contributed by atoms with Gasteiger partial charge in [-0.1, -0.05) is 13.8 Å². The minimum absolute atomic E-state index is 0.415. The van der Waals surface area contributed by atoms with Crippen molar-refractivity contribution < 1.29 is 4.74 Å². The first-order valence-corrected chi connectivity index (χ1v) is 7.50. The number of hydrogen-bond acceptors (Lipinski definition) is 3. The Kier molecular flexibility index (Phi) is 4.99. The molecule has 0 aromatic carbocycles. The lowest BCUT2D eigenvalue weighted by Gasteiger charge is -2.27. The molecule has 3 atom stereocenters. The molecule has 19 heavy (non-hydrogen) atoms. The summed E-state index contributed by atoms with van der Waals surface area (Å²) in [5, 5.41) is 8.10. The molecular formula is C15H27N3O. The van der Waals surface area contributed by atoms with Crippen molar-refractivity contribution in [2.45, 2.75) is 52.2 Å². The average Bonchev–Trinajstić information content (AvgIpc) is 2.95. The predicted octanol–water partition coefficient (Wildman–Crippen LogP) is 2.06. The molecule has 1 saturated heterocycles. The van der Waals surface area contributed by atoms with E-state index in [0.717, 1.165) is 31.7 Å². The third-order valence-electron chi connectivity index (χ3n) is 4.17. The molecule has 0 saturated carbocycles. The highest BCUT2D eigenvalue weighted by atomic mass is 16.5. The van der Waals surface area contributed by atoms with Gasteiger partial charge in [0.15, 0.2) is 0 Å². The van der Waals surface area contributed by atoms with Gasteiger partial charge in [-0.05, 0) is 32.4 Å². The van der Waals surface area contributed by atoms with E-state index in [4.69, 9.17) is 4.74 Å². The molecule has 1 aromatic rings. The number of hydrogen-bond donors (Lipinski definition) is 1. The summed E-state index contributed by atoms with van der Waals surface area (Å²) < 4.78 is 7.86. The number of ether oxygens (including phenoxy) is 1. The fourth-order valence-electron chi connectivity index (χ4n) is 3.26. The van der Waals surface area contributed by atoms with E-state index in [1.54, 1.807) is 0 Å². The SMILES string of the molecule is CCNC(Cc1cc(C)nn1C)C1CCOC1CC. The van der Waals surface area contributed by atoms with Crippen LogP contribution in [0.15, 0.2) is 6.07 Å². The first-order chi connectivity index (χ1) is 9.15. The van der Waals surface area contributed by atoms with Crippen molar-refractivity contribution in [3.63, 3.8) is 0 Å². The highest BCUT2D eigenvalue weighted by Crippen LogP contribution is 2.28. The van der Waals surface area contributed by atoms with E-state index in [9.17, 15) is 0 Å². The van der Waals surface area contributed by atoms with Crippen LogP contribution in [-0.2, 0) is 18.2 Å². The molecule has 3 unspecified atom stereocenters. The normalized spacial score (nSPS) is 24.8. The number of nitrogens with zero attached hydrogens (tertiary/aromatic N) is 2. The van der Waals surface area contributed by atoms with Gasteiger partial charge in [0, 0.05) is 37.7 Å². The Bertz CT molecular complexity index is 402. The number of aryl methyl sites for hydroxylation is 2. The Morgan fingerprint density at radius 3 is 2.89 bits per heavy atom. The molecule has 108 valence electrons. The number of likely N-dealkylation sites (N-methyl/N-ethyl adjacent to an activating group) is 1. The Morgan fingerprint density at radius 2 is 2.32 bits per heavy atom. The van der Waals surface area contributed by atoms with Crippen molar-refractivity contribution in [2.24, 2.45) is 13.0 Å². The van der Waals surface area contributed by atoms with Gasteiger partial charge in [0.1, 0.15) is 0 Å². The fourth-order valence-corrected chi connectivity index (χ4v) is 3.26. The summed E-state index contributed by atoms with van der Waals surface area (Å²) in [4.78, 5) is 0. The monoisotopic (exact) mass is 265 g/mol. The Balaban J connectivity index is 2.09. The topological polar surface area (TPSA) is 39.1 Å². The lowest BCUT2D eigenvalue weighted by Crippen LogP contribution is -2.41. The molecule has 0 radical (unpaired) electrons. The highest BCUT2D eigenvalue weighted by Gasteiger charge is 2.33. The second kappa shape index (κ2) is 6.53. The summed E-state index contributed by atoms with van der Waals surface area (Å²) in [6, 6.07) is 2.69. The van der Waals surface area contributed by atoms with Crippen molar-refractivity contribution in [1.82, 2.24) is 15.1 Å². The third-order valence-corrected chi connectivity index (χ3v) is 4.17. The summed E-state index contributed by atoms with van der Waals surface area (Å²) in [6.45, 7) is 8.38. The molecule has 2 heterocycles. The van der Waals surface area contributed by atoms with E-state index in [0.29, 0.717) is 18.1 Å². The van der Waals surface area contributed by atoms with Gasteiger partial charge in [-0.3, -0.25) is 4.68 Å². The summed E-state index contributed by atoms with van der Waals surface area (Å²) in [7, 11) is 2.04. The maximum absolute atomic E-state index is 5.85. The van der Waals surface area contributed by atoms with E-state index in [-0.39, 0.29) is 0 Å². The number of nitrogens with one attached hydrogen (secondary N) is 1. The van der Waals surface area contributed by atoms with Gasteiger partial charge >= 0.3 is 0 Å². The molecule has 1 N–H and O–H groups in total. The fraction of sp³-hybridized carbons (Fsp3) is 0.800. The second-order valence-electron chi connectivity index (χ2n) is 5.54. The molecule has 4 nitrogen and oxygen atoms in total. The summed E-state index contributed by atoms with van der Waals surface area (Å²) in [6.07, 6.45) is 3.73. The summed E-state index contributed by atoms with van der Waals surface area (Å²) >= 11 is 0. The molecule has 4 heteroatoms. The predicted molar refractivity (Wildman–Crippen MR) is 77.3 cm³/mol. The smallest absolute Gasteiger partial charge is 0.0616 e. The van der Waals surface area contributed by atoms with E-state index >= 15 is 0 Å². The van der Waals surface area contributed by atoms with Gasteiger partial charge in [0.05, 0.1) is 11.8 Å². The maximum atomic E-state index is 5.85. The minimum Gasteiger partial charge on any atom is -0.378 e. The van der Waals surface area contributed by atoms with E-state index in [2.05, 4.69) is 37.3 Å². The van der Waals surface area contributed by atoms with Gasteiger partial charge in [0.2, 0.25) is 0 Å². The van der Waals surface area contributed by atoms with Crippen molar-refractivity contribution in [3.8, 4) is 0 Å². The van der Waals surface area contributed by atoms with E-state index in [1.807, 2.05) is 11.7 Å². The van der Waals surface area contributed by atoms with Gasteiger partial charge in [-0.25, -0.2) is 0 Å². The lowest BCUT2D eigenvalue weighted by molar-refractivity contribution is 0.0774. The summed E-state index contributed by atoms with van der Waals surface area (Å²) in [5.41, 5.74) is 2.41. The average molecular weight is 265 g/mol. The number of rotatable bonds is 6. The molecule has 1 fully saturated rings. The minimum atomic E-state index is 0.415. The van der Waals surface area contributed by atoms with Crippen molar-refractivity contribution in [1.29, 1.82) is 0 Å². The quantitative estimate of drug-likeness (QED) is 0.856. The Labute approximate surface area is 116 Å². The zero-order valence-corrected chi connectivity index (χ0v) is 12.6. The molecule has 2 rings (SSSR count). The zero-order valence-electron chi connectivity index (χ0n) is 12.6. The van der Waals surface area contributed by atoms with Crippen LogP contribution in [0.3, 0.4) is 0 Å². The van der Waals surface area contributed by atoms with Crippen LogP contribution in [0.4, 0.5) is 0 Å². The highest BCUT2D eigenvalue weighted by molar-refractivity contribution is 5.11. The van der Waals surface area contributed by atoms with Gasteiger partial charge in [-0.15, -0.1) is 0 Å². The van der Waals surface area contributed by atoms with Crippen LogP contribution in [0, 0.1) is 12.8 Å². The van der Waals surface area contributed by atoms with Crippen LogP contribution >= 0.6 is 0 Å². The molecular weight excluding hydrogens is 238 g/mol. The second-order valence-corrected chi connectivity index (χ2v) is 5.54. The van der Waals surface area contributed by atoms with Crippen molar-refractivity contribution in [3.05, 3.63) is 17.5 Å². The van der Waals surface area contributed by atoms with Crippen LogP contribution in [0.2, 0.25) is 0 Å². The molecule has 0 bridgehead atoms. The van der Waals surface area contributed by atoms with Gasteiger partial charge in [-0.2, -0.15) is 5.10 Å². The first-order valence-electron chi connectivity index (χ1n) is 7.50. The standard InChI is InChI=1S/C15H27N3O/c1-5-15-13(7-8-19-15)14(16-6-2)10-12-9-11(3)17-18(12)4/h9,13-16H,5-8,10H2,1-4H3. The molecule has 0 aliphatic carbocycles.